The van der Waals surface area contributed by atoms with Gasteiger partial charge in [-0.1, -0.05) is 12.1 Å². The molecule has 0 atom stereocenters. The van der Waals surface area contributed by atoms with E-state index in [2.05, 4.69) is 21.2 Å². The highest BCUT2D eigenvalue weighted by atomic mass is 19.4. The molecule has 0 bridgehead atoms. The molecule has 3 aromatic rings. The number of halogens is 3. The molecule has 11 nitrogen and oxygen atoms in total. The maximum Gasteiger partial charge on any atom is 0.416 e. The number of amides is 3. The summed E-state index contributed by atoms with van der Waals surface area (Å²) in [6.07, 6.45) is -3.27. The van der Waals surface area contributed by atoms with E-state index in [-0.39, 0.29) is 37.1 Å². The Labute approximate surface area is 237 Å². The monoisotopic (exact) mass is 586 g/mol. The van der Waals surface area contributed by atoms with Gasteiger partial charge in [0.25, 0.3) is 5.91 Å². The van der Waals surface area contributed by atoms with Crippen molar-refractivity contribution in [2.45, 2.75) is 19.6 Å². The third-order valence-electron chi connectivity index (χ3n) is 5.58. The number of ether oxygens (including phenoxy) is 4. The van der Waals surface area contributed by atoms with Crippen LogP contribution >= 0.6 is 0 Å². The first-order valence-corrected chi connectivity index (χ1v) is 12.5. The van der Waals surface area contributed by atoms with Gasteiger partial charge < -0.3 is 29.6 Å². The molecule has 220 valence electrons. The molecule has 1 heterocycles. The van der Waals surface area contributed by atoms with E-state index >= 15 is 0 Å². The third-order valence-corrected chi connectivity index (χ3v) is 5.58. The minimum atomic E-state index is -4.54. The molecular weight excluding hydrogens is 561 g/mol. The first-order chi connectivity index (χ1) is 20.1. The van der Waals surface area contributed by atoms with Crippen molar-refractivity contribution in [3.8, 4) is 23.0 Å². The number of benzene rings is 3. The molecule has 3 N–H and O–H groups in total. The Balaban J connectivity index is 1.27. The van der Waals surface area contributed by atoms with Crippen LogP contribution in [0.1, 0.15) is 23.6 Å². The molecule has 3 amide bonds. The zero-order valence-electron chi connectivity index (χ0n) is 22.1. The topological polar surface area (TPSA) is 137 Å². The quantitative estimate of drug-likeness (QED) is 0.188. The number of anilines is 1. The second kappa shape index (κ2) is 13.4. The fraction of sp³-hybridized carbons (Fsp3) is 0.214. The Bertz CT molecular complexity index is 1490. The number of alkyl halides is 3. The minimum Gasteiger partial charge on any atom is -0.490 e. The first-order valence-electron chi connectivity index (χ1n) is 12.5. The summed E-state index contributed by atoms with van der Waals surface area (Å²) in [5, 5.41) is 8.61. The Hall–Kier alpha value is -5.27. The summed E-state index contributed by atoms with van der Waals surface area (Å²) in [4.78, 5) is 36.5. The molecule has 0 saturated carbocycles. The SMILES string of the molecule is CCOc1cc(/C=N\NC(=O)C(=O)NCc2ccc3c(c2)OCO3)ccc1OCC(=O)Nc1cccc(C(F)(F)F)c1. The van der Waals surface area contributed by atoms with Crippen LogP contribution in [0.2, 0.25) is 0 Å². The summed E-state index contributed by atoms with van der Waals surface area (Å²) >= 11 is 0. The van der Waals surface area contributed by atoms with Crippen molar-refractivity contribution in [2.24, 2.45) is 5.10 Å². The normalized spacial score (nSPS) is 12.1. The lowest BCUT2D eigenvalue weighted by molar-refractivity contribution is -0.139. The number of fused-ring (bicyclic) bond motifs is 1. The highest BCUT2D eigenvalue weighted by Crippen LogP contribution is 2.33. The summed E-state index contributed by atoms with van der Waals surface area (Å²) in [7, 11) is 0. The molecule has 4 rings (SSSR count). The highest BCUT2D eigenvalue weighted by molar-refractivity contribution is 6.35. The first kappa shape index (κ1) is 29.7. The average Bonchev–Trinajstić information content (AvgIpc) is 3.43. The van der Waals surface area contributed by atoms with Gasteiger partial charge in [-0.25, -0.2) is 5.43 Å². The summed E-state index contributed by atoms with van der Waals surface area (Å²) in [5.41, 5.74) is 2.39. The number of carbonyl (C=O) groups excluding carboxylic acids is 3. The average molecular weight is 587 g/mol. The molecule has 0 saturated heterocycles. The summed E-state index contributed by atoms with van der Waals surface area (Å²) < 4.78 is 60.2. The van der Waals surface area contributed by atoms with Crippen LogP contribution < -0.4 is 35.0 Å². The maximum absolute atomic E-state index is 12.9. The lowest BCUT2D eigenvalue weighted by Gasteiger charge is -2.13. The van der Waals surface area contributed by atoms with E-state index in [1.165, 1.54) is 30.5 Å². The van der Waals surface area contributed by atoms with Crippen molar-refractivity contribution in [2.75, 3.05) is 25.3 Å². The summed E-state index contributed by atoms with van der Waals surface area (Å²) in [6.45, 7) is 1.70. The van der Waals surface area contributed by atoms with E-state index in [0.29, 0.717) is 22.6 Å². The molecular formula is C28H25F3N4O7. The van der Waals surface area contributed by atoms with Gasteiger partial charge in [-0.3, -0.25) is 14.4 Å². The van der Waals surface area contributed by atoms with Crippen LogP contribution in [0.5, 0.6) is 23.0 Å². The number of hydrazone groups is 1. The molecule has 0 aliphatic carbocycles. The molecule has 1 aliphatic rings. The fourth-order valence-electron chi connectivity index (χ4n) is 3.64. The predicted molar refractivity (Wildman–Crippen MR) is 143 cm³/mol. The van der Waals surface area contributed by atoms with E-state index in [4.69, 9.17) is 18.9 Å². The highest BCUT2D eigenvalue weighted by Gasteiger charge is 2.30. The molecule has 3 aromatic carbocycles. The number of nitrogens with zero attached hydrogens (tertiary/aromatic N) is 1. The number of rotatable bonds is 10. The Morgan fingerprint density at radius 2 is 1.76 bits per heavy atom. The molecule has 14 heteroatoms. The number of hydrogen-bond donors (Lipinski definition) is 3. The second-order valence-corrected chi connectivity index (χ2v) is 8.62. The Kier molecular flexibility index (Phi) is 9.47. The molecule has 0 unspecified atom stereocenters. The van der Waals surface area contributed by atoms with Crippen LogP contribution in [0.15, 0.2) is 65.8 Å². The van der Waals surface area contributed by atoms with Crippen molar-refractivity contribution < 1.29 is 46.5 Å². The predicted octanol–water partition coefficient (Wildman–Crippen LogP) is 3.62. The minimum absolute atomic E-state index is 0.0290. The largest absolute Gasteiger partial charge is 0.490 e. The van der Waals surface area contributed by atoms with Crippen LogP contribution in [0.4, 0.5) is 18.9 Å². The maximum atomic E-state index is 12.9. The summed E-state index contributed by atoms with van der Waals surface area (Å²) in [6, 6.07) is 13.9. The van der Waals surface area contributed by atoms with Gasteiger partial charge in [-0.15, -0.1) is 0 Å². The van der Waals surface area contributed by atoms with Crippen molar-refractivity contribution in [1.29, 1.82) is 0 Å². The second-order valence-electron chi connectivity index (χ2n) is 8.62. The van der Waals surface area contributed by atoms with Crippen molar-refractivity contribution >= 4 is 29.6 Å². The van der Waals surface area contributed by atoms with Gasteiger partial charge in [0.05, 0.1) is 18.4 Å². The zero-order chi connectivity index (χ0) is 30.1. The fourth-order valence-corrected chi connectivity index (χ4v) is 3.64. The van der Waals surface area contributed by atoms with Crippen LogP contribution in [0, 0.1) is 0 Å². The van der Waals surface area contributed by atoms with Gasteiger partial charge >= 0.3 is 18.0 Å². The smallest absolute Gasteiger partial charge is 0.416 e. The van der Waals surface area contributed by atoms with E-state index in [0.717, 1.165) is 12.1 Å². The molecule has 0 spiro atoms. The van der Waals surface area contributed by atoms with Crippen molar-refractivity contribution in [3.05, 3.63) is 77.4 Å². The summed E-state index contributed by atoms with van der Waals surface area (Å²) in [5.74, 6) is -0.959. The van der Waals surface area contributed by atoms with E-state index in [1.54, 1.807) is 31.2 Å². The van der Waals surface area contributed by atoms with E-state index in [9.17, 15) is 27.6 Å². The van der Waals surface area contributed by atoms with Gasteiger partial charge in [0, 0.05) is 12.2 Å². The van der Waals surface area contributed by atoms with Gasteiger partial charge in [0.2, 0.25) is 6.79 Å². The van der Waals surface area contributed by atoms with Gasteiger partial charge in [0.15, 0.2) is 29.6 Å². The molecule has 0 radical (unpaired) electrons. The molecule has 0 fully saturated rings. The standard InChI is InChI=1S/C28H25F3N4O7/c1-2-39-23-11-18(7-8-21(23)40-15-25(36)34-20-5-3-4-19(12-20)28(29,30)31)14-33-35-27(38)26(37)32-13-17-6-9-22-24(10-17)42-16-41-22/h3-12,14H,2,13,15-16H2,1H3,(H,32,37)(H,34,36)(H,35,38)/b33-14-. The van der Waals surface area contributed by atoms with Gasteiger partial charge in [-0.2, -0.15) is 18.3 Å². The lowest BCUT2D eigenvalue weighted by atomic mass is 10.2. The Morgan fingerprint density at radius 3 is 2.55 bits per heavy atom. The van der Waals surface area contributed by atoms with Crippen LogP contribution in [-0.4, -0.2) is 43.9 Å². The third kappa shape index (κ3) is 8.13. The lowest BCUT2D eigenvalue weighted by Crippen LogP contribution is -2.37. The van der Waals surface area contributed by atoms with Crippen molar-refractivity contribution in [1.82, 2.24) is 10.7 Å². The van der Waals surface area contributed by atoms with Crippen LogP contribution in [0.25, 0.3) is 0 Å². The van der Waals surface area contributed by atoms with Gasteiger partial charge in [-0.05, 0) is 66.6 Å². The number of carbonyl (C=O) groups is 3. The molecule has 0 aromatic heterocycles. The van der Waals surface area contributed by atoms with E-state index in [1.807, 2.05) is 0 Å². The number of nitrogens with one attached hydrogen (secondary N) is 3. The van der Waals surface area contributed by atoms with Crippen LogP contribution in [-0.2, 0) is 27.1 Å². The van der Waals surface area contributed by atoms with Gasteiger partial charge in [0.1, 0.15) is 0 Å². The zero-order valence-corrected chi connectivity index (χ0v) is 22.1. The Morgan fingerprint density at radius 1 is 0.952 bits per heavy atom. The van der Waals surface area contributed by atoms with E-state index < -0.39 is 36.1 Å². The molecule has 1 aliphatic heterocycles. The molecule has 42 heavy (non-hydrogen) atoms. The van der Waals surface area contributed by atoms with Crippen LogP contribution in [0.3, 0.4) is 0 Å². The number of hydrogen-bond acceptors (Lipinski definition) is 8. The van der Waals surface area contributed by atoms with Crippen molar-refractivity contribution in [3.63, 3.8) is 0 Å².